The lowest BCUT2D eigenvalue weighted by Crippen LogP contribution is -2.56. The number of anilines is 1. The first-order valence-corrected chi connectivity index (χ1v) is 14.3. The molecule has 0 heterocycles. The summed E-state index contributed by atoms with van der Waals surface area (Å²) < 4.78 is 0. The monoisotopic (exact) mass is 537 g/mol. The minimum atomic E-state index is -2.47. The van der Waals surface area contributed by atoms with Crippen molar-refractivity contribution >= 4 is 23.0 Å². The van der Waals surface area contributed by atoms with Gasteiger partial charge < -0.3 is 25.3 Å². The van der Waals surface area contributed by atoms with E-state index in [2.05, 4.69) is 18.7 Å². The quantitative estimate of drug-likeness (QED) is 0.378. The van der Waals surface area contributed by atoms with Crippen LogP contribution in [0.15, 0.2) is 34.8 Å². The molecule has 8 nitrogen and oxygen atoms in total. The van der Waals surface area contributed by atoms with Gasteiger partial charge in [-0.3, -0.25) is 14.4 Å². The molecule has 5 rings (SSSR count). The number of hydrogen-bond acceptors (Lipinski definition) is 8. The van der Waals surface area contributed by atoms with Crippen LogP contribution < -0.4 is 4.90 Å². The Morgan fingerprint density at radius 1 is 1.08 bits per heavy atom. The molecule has 1 aromatic carbocycles. The third-order valence-corrected chi connectivity index (χ3v) is 9.51. The largest absolute Gasteiger partial charge is 0.511 e. The Morgan fingerprint density at radius 2 is 1.77 bits per heavy atom. The normalized spacial score (nSPS) is 30.6. The number of fused-ring (bicyclic) bond motifs is 3. The Kier molecular flexibility index (Phi) is 7.12. The molecule has 0 aliphatic heterocycles. The van der Waals surface area contributed by atoms with E-state index >= 15 is 0 Å². The summed E-state index contributed by atoms with van der Waals surface area (Å²) in [6, 6.07) is 4.02. The Hall–Kier alpha value is -3.13. The van der Waals surface area contributed by atoms with Crippen molar-refractivity contribution in [3.8, 4) is 5.75 Å². The number of carbonyl (C=O) groups excluding carboxylic acids is 3. The van der Waals surface area contributed by atoms with Gasteiger partial charge in [-0.25, -0.2) is 0 Å². The Balaban J connectivity index is 1.57. The number of rotatable bonds is 6. The van der Waals surface area contributed by atoms with Crippen molar-refractivity contribution in [2.45, 2.75) is 90.2 Å². The van der Waals surface area contributed by atoms with Crippen LogP contribution in [0.1, 0.15) is 88.1 Å². The molecule has 4 aliphatic carbocycles. The van der Waals surface area contributed by atoms with Crippen molar-refractivity contribution in [3.05, 3.63) is 45.9 Å². The van der Waals surface area contributed by atoms with E-state index in [-0.39, 0.29) is 35.8 Å². The fraction of sp³-hybridized carbons (Fsp3) is 0.581. The van der Waals surface area contributed by atoms with E-state index in [0.29, 0.717) is 23.6 Å². The minimum Gasteiger partial charge on any atom is -0.511 e. The number of Topliss-reactive ketones (excluding diaryl/α,β-unsaturated/α-hetero) is 3. The molecular formula is C31H39NO7. The number of ketones is 3. The smallest absolute Gasteiger partial charge is 0.209 e. The van der Waals surface area contributed by atoms with Gasteiger partial charge in [-0.1, -0.05) is 26.3 Å². The lowest BCUT2D eigenvalue weighted by molar-refractivity contribution is -0.144. The Morgan fingerprint density at radius 3 is 2.41 bits per heavy atom. The van der Waals surface area contributed by atoms with Gasteiger partial charge in [0.15, 0.2) is 17.2 Å². The number of aliphatic hydroxyl groups excluding tert-OH is 2. The van der Waals surface area contributed by atoms with Crippen molar-refractivity contribution in [1.29, 1.82) is 0 Å². The molecule has 1 saturated carbocycles. The molecule has 0 saturated heterocycles. The molecule has 1 aromatic rings. The summed E-state index contributed by atoms with van der Waals surface area (Å²) in [5, 5.41) is 44.7. The molecule has 0 unspecified atom stereocenters. The fourth-order valence-electron chi connectivity index (χ4n) is 7.31. The molecule has 0 radical (unpaired) electrons. The lowest BCUT2D eigenvalue weighted by atomic mass is 9.60. The fourth-order valence-corrected chi connectivity index (χ4v) is 7.31. The maximum Gasteiger partial charge on any atom is 0.209 e. The number of allylic oxidation sites excluding steroid dienone is 2. The number of unbranched alkanes of at least 4 members (excludes halogenated alkanes) is 1. The zero-order valence-electron chi connectivity index (χ0n) is 23.0. The van der Waals surface area contributed by atoms with E-state index in [4.69, 9.17) is 0 Å². The first kappa shape index (κ1) is 27.4. The summed E-state index contributed by atoms with van der Waals surface area (Å²) in [6.45, 7) is 6.25. The van der Waals surface area contributed by atoms with Gasteiger partial charge in [0.2, 0.25) is 5.78 Å². The first-order valence-electron chi connectivity index (χ1n) is 14.3. The number of benzene rings is 1. The molecule has 1 fully saturated rings. The maximum absolute atomic E-state index is 13.9. The third kappa shape index (κ3) is 4.28. The SMILES string of the molecule is CCCCN(c1ccc2c(c1O)C(=O)C1=C(O)[C@]3(O)C(=O)C(C(C)=O)=C(O)C[C@@H]3C[C@@H]1C2)C1CCC(C)CC1. The highest BCUT2D eigenvalue weighted by Gasteiger charge is 2.59. The zero-order valence-corrected chi connectivity index (χ0v) is 23.0. The zero-order chi connectivity index (χ0) is 28.2. The van der Waals surface area contributed by atoms with Crippen LogP contribution in [0.5, 0.6) is 5.75 Å². The maximum atomic E-state index is 13.9. The number of phenolic OH excluding ortho intramolecular Hbond substituents is 1. The van der Waals surface area contributed by atoms with Gasteiger partial charge in [0.05, 0.1) is 11.3 Å². The summed E-state index contributed by atoms with van der Waals surface area (Å²) in [5.41, 5.74) is -1.73. The summed E-state index contributed by atoms with van der Waals surface area (Å²) in [6.07, 6.45) is 6.55. The van der Waals surface area contributed by atoms with Crippen LogP contribution in [-0.2, 0) is 16.0 Å². The van der Waals surface area contributed by atoms with Crippen molar-refractivity contribution in [2.75, 3.05) is 11.4 Å². The molecule has 210 valence electrons. The average Bonchev–Trinajstić information content (AvgIpc) is 2.88. The van der Waals surface area contributed by atoms with Gasteiger partial charge in [0, 0.05) is 30.5 Å². The second kappa shape index (κ2) is 10.1. The van der Waals surface area contributed by atoms with E-state index in [0.717, 1.165) is 52.0 Å². The summed E-state index contributed by atoms with van der Waals surface area (Å²) in [4.78, 5) is 41.5. The second-order valence-electron chi connectivity index (χ2n) is 12.0. The summed E-state index contributed by atoms with van der Waals surface area (Å²) in [5.74, 6) is -4.37. The molecular weight excluding hydrogens is 498 g/mol. The topological polar surface area (TPSA) is 135 Å². The van der Waals surface area contributed by atoms with Crippen molar-refractivity contribution in [1.82, 2.24) is 0 Å². The van der Waals surface area contributed by atoms with E-state index in [1.807, 2.05) is 12.1 Å². The number of nitrogens with zero attached hydrogens (tertiary/aromatic N) is 1. The summed E-state index contributed by atoms with van der Waals surface area (Å²) >= 11 is 0. The number of hydrogen-bond donors (Lipinski definition) is 4. The minimum absolute atomic E-state index is 0.0852. The van der Waals surface area contributed by atoms with E-state index in [1.165, 1.54) is 0 Å². The molecule has 0 spiro atoms. The van der Waals surface area contributed by atoms with Crippen LogP contribution in [0.3, 0.4) is 0 Å². The molecule has 4 aliphatic rings. The van der Waals surface area contributed by atoms with E-state index in [1.54, 1.807) is 0 Å². The van der Waals surface area contributed by atoms with Gasteiger partial charge in [-0.2, -0.15) is 0 Å². The second-order valence-corrected chi connectivity index (χ2v) is 12.0. The molecule has 8 heteroatoms. The van der Waals surface area contributed by atoms with Crippen LogP contribution >= 0.6 is 0 Å². The van der Waals surface area contributed by atoms with Gasteiger partial charge in [-0.15, -0.1) is 0 Å². The number of aliphatic hydroxyl groups is 3. The molecule has 3 atom stereocenters. The van der Waals surface area contributed by atoms with Crippen molar-refractivity contribution in [3.63, 3.8) is 0 Å². The van der Waals surface area contributed by atoms with Crippen LogP contribution in [0.2, 0.25) is 0 Å². The standard InChI is InChI=1S/C31H39NO7/c1-4-5-12-32(21-9-6-16(2)7-10-21)22-11-8-18-13-19-14-20-15-23(34)24(17(3)33)29(37)31(20,39)30(38)26(19)28(36)25(18)27(22)35/h8,11,16,19-21,34-35,38-39H,4-7,9-10,12-15H2,1-3H3/t16?,19-,20-,21?,31+/m0/s1. The molecule has 0 bridgehead atoms. The van der Waals surface area contributed by atoms with Crippen LogP contribution in [0.25, 0.3) is 0 Å². The summed E-state index contributed by atoms with van der Waals surface area (Å²) in [7, 11) is 0. The van der Waals surface area contributed by atoms with Gasteiger partial charge >= 0.3 is 0 Å². The number of aromatic hydroxyl groups is 1. The molecule has 0 aromatic heterocycles. The molecule has 0 amide bonds. The molecule has 4 N–H and O–H groups in total. The lowest BCUT2D eigenvalue weighted by Gasteiger charge is -2.45. The number of carbonyl (C=O) groups is 3. The highest BCUT2D eigenvalue weighted by molar-refractivity contribution is 6.25. The average molecular weight is 538 g/mol. The highest BCUT2D eigenvalue weighted by atomic mass is 16.3. The predicted octanol–water partition coefficient (Wildman–Crippen LogP) is 4.87. The van der Waals surface area contributed by atoms with Crippen LogP contribution in [0.4, 0.5) is 5.69 Å². The molecule has 39 heavy (non-hydrogen) atoms. The van der Waals surface area contributed by atoms with Gasteiger partial charge in [0.25, 0.3) is 0 Å². The van der Waals surface area contributed by atoms with Crippen molar-refractivity contribution in [2.24, 2.45) is 17.8 Å². The number of phenols is 1. The predicted molar refractivity (Wildman–Crippen MR) is 146 cm³/mol. The van der Waals surface area contributed by atoms with Gasteiger partial charge in [0.1, 0.15) is 22.8 Å². The first-order chi connectivity index (χ1) is 18.5. The third-order valence-electron chi connectivity index (χ3n) is 9.51. The van der Waals surface area contributed by atoms with Crippen LogP contribution in [-0.4, -0.2) is 56.0 Å². The Bertz CT molecular complexity index is 1290. The highest BCUT2D eigenvalue weighted by Crippen LogP contribution is 2.52. The van der Waals surface area contributed by atoms with E-state index < -0.39 is 51.9 Å². The van der Waals surface area contributed by atoms with Crippen molar-refractivity contribution < 1.29 is 34.8 Å². The van der Waals surface area contributed by atoms with Crippen LogP contribution in [0, 0.1) is 17.8 Å². The van der Waals surface area contributed by atoms with Gasteiger partial charge in [-0.05, 0) is 75.3 Å². The Labute approximate surface area is 229 Å². The van der Waals surface area contributed by atoms with E-state index in [9.17, 15) is 34.8 Å².